The number of H-pyrrole nitrogens is 1. The van der Waals surface area contributed by atoms with Crippen LogP contribution in [0.4, 0.5) is 5.82 Å². The molecular weight excluding hydrogens is 331 g/mol. The monoisotopic (exact) mass is 348 g/mol. The Labute approximate surface area is 114 Å². The zero-order valence-corrected chi connectivity index (χ0v) is 12.2. The lowest BCUT2D eigenvalue weighted by atomic mass is 9.90. The largest absolute Gasteiger partial charge is 0.355 e. The second kappa shape index (κ2) is 4.93. The summed E-state index contributed by atoms with van der Waals surface area (Å²) in [7, 11) is 2.00. The molecule has 0 aromatic carbocycles. The molecule has 2 rings (SSSR count). The van der Waals surface area contributed by atoms with Gasteiger partial charge in [0.25, 0.3) is 5.56 Å². The third-order valence-electron chi connectivity index (χ3n) is 3.55. The molecule has 1 aliphatic heterocycles. The number of rotatable bonds is 2. The smallest absolute Gasteiger partial charge is 0.266 e. The van der Waals surface area contributed by atoms with Crippen molar-refractivity contribution in [3.05, 3.63) is 20.3 Å². The minimum absolute atomic E-state index is 0.0578. The first-order valence-electron chi connectivity index (χ1n) is 5.73. The molecule has 1 aromatic heterocycles. The summed E-state index contributed by atoms with van der Waals surface area (Å²) in [5, 5.41) is 3.36. The lowest BCUT2D eigenvalue weighted by molar-refractivity contribution is 0.304. The Morgan fingerprint density at radius 2 is 2.18 bits per heavy atom. The Balaban J connectivity index is 2.16. The second-order valence-electron chi connectivity index (χ2n) is 4.67. The molecule has 1 aromatic rings. The van der Waals surface area contributed by atoms with E-state index in [0.717, 1.165) is 31.7 Å². The maximum Gasteiger partial charge on any atom is 0.266 e. The SMILES string of the molecule is CNC1(C)CCN(c2nc[nH]c(=O)c2I)CC1. The number of hydrogen-bond acceptors (Lipinski definition) is 4. The van der Waals surface area contributed by atoms with Crippen molar-refractivity contribution in [1.29, 1.82) is 0 Å². The van der Waals surface area contributed by atoms with Gasteiger partial charge >= 0.3 is 0 Å². The molecule has 0 aliphatic carbocycles. The Morgan fingerprint density at radius 1 is 1.53 bits per heavy atom. The highest BCUT2D eigenvalue weighted by atomic mass is 127. The number of anilines is 1. The van der Waals surface area contributed by atoms with Crippen LogP contribution in [0.2, 0.25) is 0 Å². The normalized spacial score (nSPS) is 19.4. The van der Waals surface area contributed by atoms with Gasteiger partial charge in [-0.25, -0.2) is 4.98 Å². The van der Waals surface area contributed by atoms with E-state index in [4.69, 9.17) is 0 Å². The summed E-state index contributed by atoms with van der Waals surface area (Å²) >= 11 is 2.06. The molecule has 0 unspecified atom stereocenters. The summed E-state index contributed by atoms with van der Waals surface area (Å²) in [5.41, 5.74) is 0.154. The molecule has 0 atom stereocenters. The number of nitrogens with zero attached hydrogens (tertiary/aromatic N) is 2. The van der Waals surface area contributed by atoms with Crippen molar-refractivity contribution in [3.63, 3.8) is 0 Å². The van der Waals surface area contributed by atoms with Gasteiger partial charge in [-0.3, -0.25) is 4.79 Å². The van der Waals surface area contributed by atoms with E-state index < -0.39 is 0 Å². The average Bonchev–Trinajstić information content (AvgIpc) is 2.34. The molecule has 0 radical (unpaired) electrons. The molecule has 1 fully saturated rings. The number of piperidine rings is 1. The third-order valence-corrected chi connectivity index (χ3v) is 4.52. The van der Waals surface area contributed by atoms with Gasteiger partial charge in [-0.2, -0.15) is 0 Å². The number of aromatic amines is 1. The van der Waals surface area contributed by atoms with Gasteiger partial charge in [0.15, 0.2) is 0 Å². The van der Waals surface area contributed by atoms with E-state index in [0.29, 0.717) is 3.57 Å². The lowest BCUT2D eigenvalue weighted by Gasteiger charge is -2.39. The molecule has 2 N–H and O–H groups in total. The fraction of sp³-hybridized carbons (Fsp3) is 0.636. The fourth-order valence-corrected chi connectivity index (χ4v) is 2.69. The van der Waals surface area contributed by atoms with Crippen LogP contribution in [0.15, 0.2) is 11.1 Å². The Kier molecular flexibility index (Phi) is 3.72. The van der Waals surface area contributed by atoms with E-state index >= 15 is 0 Å². The van der Waals surface area contributed by atoms with Crippen molar-refractivity contribution in [2.75, 3.05) is 25.0 Å². The second-order valence-corrected chi connectivity index (χ2v) is 5.75. The average molecular weight is 348 g/mol. The maximum absolute atomic E-state index is 11.5. The van der Waals surface area contributed by atoms with Crippen LogP contribution in [0, 0.1) is 3.57 Å². The first-order valence-corrected chi connectivity index (χ1v) is 6.81. The Morgan fingerprint density at radius 3 is 2.76 bits per heavy atom. The van der Waals surface area contributed by atoms with Crippen molar-refractivity contribution in [2.45, 2.75) is 25.3 Å². The number of aromatic nitrogens is 2. The summed E-state index contributed by atoms with van der Waals surface area (Å²) in [5.74, 6) is 0.813. The van der Waals surface area contributed by atoms with Crippen LogP contribution in [0.3, 0.4) is 0 Å². The molecule has 1 saturated heterocycles. The van der Waals surface area contributed by atoms with Gasteiger partial charge in [0.05, 0.1) is 6.33 Å². The zero-order valence-electron chi connectivity index (χ0n) is 10.1. The Bertz CT molecular complexity index is 451. The zero-order chi connectivity index (χ0) is 12.5. The molecule has 5 nitrogen and oxygen atoms in total. The van der Waals surface area contributed by atoms with E-state index in [-0.39, 0.29) is 11.1 Å². The minimum Gasteiger partial charge on any atom is -0.355 e. The molecule has 94 valence electrons. The fourth-order valence-electron chi connectivity index (χ4n) is 2.06. The van der Waals surface area contributed by atoms with Gasteiger partial charge in [0.1, 0.15) is 9.39 Å². The topological polar surface area (TPSA) is 61.0 Å². The predicted octanol–water partition coefficient (Wildman–Crippen LogP) is 0.953. The van der Waals surface area contributed by atoms with Gasteiger partial charge < -0.3 is 15.2 Å². The van der Waals surface area contributed by atoms with Crippen molar-refractivity contribution in [1.82, 2.24) is 15.3 Å². The standard InChI is InChI=1S/C11H17IN4O/c1-11(13-2)3-5-16(6-4-11)9-8(12)10(17)15-7-14-9/h7,13H,3-6H2,1-2H3,(H,14,15,17). The predicted molar refractivity (Wildman–Crippen MR) is 76.5 cm³/mol. The van der Waals surface area contributed by atoms with Crippen LogP contribution in [0.5, 0.6) is 0 Å². The maximum atomic E-state index is 11.5. The van der Waals surface area contributed by atoms with Gasteiger partial charge in [-0.15, -0.1) is 0 Å². The highest BCUT2D eigenvalue weighted by molar-refractivity contribution is 14.1. The molecule has 2 heterocycles. The van der Waals surface area contributed by atoms with E-state index in [1.165, 1.54) is 6.33 Å². The highest BCUT2D eigenvalue weighted by Crippen LogP contribution is 2.25. The van der Waals surface area contributed by atoms with Crippen LogP contribution in [0.25, 0.3) is 0 Å². The molecule has 0 bridgehead atoms. The van der Waals surface area contributed by atoms with Crippen LogP contribution in [-0.4, -0.2) is 35.6 Å². The summed E-state index contributed by atoms with van der Waals surface area (Å²) in [4.78, 5) is 20.6. The van der Waals surface area contributed by atoms with Gasteiger partial charge in [-0.05, 0) is 49.4 Å². The van der Waals surface area contributed by atoms with E-state index in [9.17, 15) is 4.79 Å². The van der Waals surface area contributed by atoms with Gasteiger partial charge in [0, 0.05) is 18.6 Å². The van der Waals surface area contributed by atoms with Gasteiger partial charge in [0.2, 0.25) is 0 Å². The van der Waals surface area contributed by atoms with Crippen LogP contribution < -0.4 is 15.8 Å². The lowest BCUT2D eigenvalue weighted by Crippen LogP contribution is -2.50. The van der Waals surface area contributed by atoms with Crippen molar-refractivity contribution < 1.29 is 0 Å². The highest BCUT2D eigenvalue weighted by Gasteiger charge is 2.29. The van der Waals surface area contributed by atoms with Gasteiger partial charge in [-0.1, -0.05) is 0 Å². The molecular formula is C11H17IN4O. The third kappa shape index (κ3) is 2.62. The quantitative estimate of drug-likeness (QED) is 0.782. The van der Waals surface area contributed by atoms with Crippen molar-refractivity contribution >= 4 is 28.4 Å². The summed E-state index contributed by atoms with van der Waals surface area (Å²) in [6, 6.07) is 0. The molecule has 17 heavy (non-hydrogen) atoms. The molecule has 0 saturated carbocycles. The first-order chi connectivity index (χ1) is 8.06. The molecule has 1 aliphatic rings. The molecule has 0 spiro atoms. The van der Waals surface area contributed by atoms with E-state index in [1.807, 2.05) is 7.05 Å². The first kappa shape index (κ1) is 12.8. The summed E-state index contributed by atoms with van der Waals surface area (Å²) in [6.07, 6.45) is 3.60. The summed E-state index contributed by atoms with van der Waals surface area (Å²) in [6.45, 7) is 4.11. The van der Waals surface area contributed by atoms with Crippen LogP contribution >= 0.6 is 22.6 Å². The number of halogens is 1. The van der Waals surface area contributed by atoms with E-state index in [2.05, 4.69) is 49.7 Å². The van der Waals surface area contributed by atoms with Crippen LogP contribution in [-0.2, 0) is 0 Å². The molecule has 0 amide bonds. The summed E-state index contributed by atoms with van der Waals surface area (Å²) < 4.78 is 0.679. The minimum atomic E-state index is -0.0578. The Hall–Kier alpha value is -0.630. The number of hydrogen-bond donors (Lipinski definition) is 2. The molecule has 6 heteroatoms. The van der Waals surface area contributed by atoms with E-state index in [1.54, 1.807) is 0 Å². The van der Waals surface area contributed by atoms with Crippen LogP contribution in [0.1, 0.15) is 19.8 Å². The van der Waals surface area contributed by atoms with Crippen molar-refractivity contribution in [3.8, 4) is 0 Å². The van der Waals surface area contributed by atoms with Crippen molar-refractivity contribution in [2.24, 2.45) is 0 Å². The number of nitrogens with one attached hydrogen (secondary N) is 2.